The standard InChI is InChI=1S/C18H38N6/c1-5-9-13-19-17(20-14-10-6-2)23-24-18(21-15-11-7-3)22-16-12-8-4/h5-16H2,1-4H3,(H,19,20)(H,21,22). The molecule has 0 spiro atoms. The number of nitrogens with one attached hydrogen (secondary N) is 2. The van der Waals surface area contributed by atoms with Crippen LogP contribution in [-0.4, -0.2) is 38.1 Å². The van der Waals surface area contributed by atoms with Gasteiger partial charge in [0.1, 0.15) is 0 Å². The summed E-state index contributed by atoms with van der Waals surface area (Å²) in [5.41, 5.74) is 0. The van der Waals surface area contributed by atoms with Gasteiger partial charge in [0.15, 0.2) is 0 Å². The summed E-state index contributed by atoms with van der Waals surface area (Å²) in [6, 6.07) is 0. The van der Waals surface area contributed by atoms with E-state index in [1.165, 1.54) is 0 Å². The molecule has 0 aliphatic rings. The second-order valence-electron chi connectivity index (χ2n) is 5.88. The van der Waals surface area contributed by atoms with Gasteiger partial charge in [-0.1, -0.05) is 53.4 Å². The van der Waals surface area contributed by atoms with Gasteiger partial charge in [-0.3, -0.25) is 9.98 Å². The Labute approximate surface area is 148 Å². The summed E-state index contributed by atoms with van der Waals surface area (Å²) >= 11 is 0. The fourth-order valence-electron chi connectivity index (χ4n) is 1.78. The molecule has 0 bridgehead atoms. The van der Waals surface area contributed by atoms with E-state index in [-0.39, 0.29) is 0 Å². The van der Waals surface area contributed by atoms with Crippen LogP contribution in [0.2, 0.25) is 0 Å². The zero-order chi connectivity index (χ0) is 17.9. The van der Waals surface area contributed by atoms with Crippen LogP contribution in [0.25, 0.3) is 0 Å². The summed E-state index contributed by atoms with van der Waals surface area (Å²) in [7, 11) is 0. The molecule has 6 heteroatoms. The summed E-state index contributed by atoms with van der Waals surface area (Å²) < 4.78 is 0. The topological polar surface area (TPSA) is 73.5 Å². The van der Waals surface area contributed by atoms with Gasteiger partial charge in [0, 0.05) is 26.2 Å². The van der Waals surface area contributed by atoms with Gasteiger partial charge in [0.2, 0.25) is 11.9 Å². The molecular weight excluding hydrogens is 300 g/mol. The Kier molecular flexibility index (Phi) is 16.8. The van der Waals surface area contributed by atoms with E-state index in [1.807, 2.05) is 0 Å². The maximum Gasteiger partial charge on any atom is 0.238 e. The van der Waals surface area contributed by atoms with Crippen molar-refractivity contribution in [2.24, 2.45) is 20.2 Å². The lowest BCUT2D eigenvalue weighted by Gasteiger charge is -2.06. The lowest BCUT2D eigenvalue weighted by molar-refractivity contribution is 0.733. The summed E-state index contributed by atoms with van der Waals surface area (Å²) in [5, 5.41) is 15.1. The molecule has 0 amide bonds. The highest BCUT2D eigenvalue weighted by Crippen LogP contribution is 1.94. The molecule has 0 aromatic rings. The first-order valence-corrected chi connectivity index (χ1v) is 9.76. The fraction of sp³-hybridized carbons (Fsp3) is 0.889. The first-order valence-electron chi connectivity index (χ1n) is 9.76. The van der Waals surface area contributed by atoms with Crippen molar-refractivity contribution in [3.63, 3.8) is 0 Å². The van der Waals surface area contributed by atoms with E-state index in [4.69, 9.17) is 0 Å². The van der Waals surface area contributed by atoms with Crippen molar-refractivity contribution < 1.29 is 0 Å². The maximum atomic E-state index is 4.51. The Balaban J connectivity index is 4.74. The number of unbranched alkanes of at least 4 members (excludes halogenated alkanes) is 4. The Morgan fingerprint density at radius 2 is 0.958 bits per heavy atom. The van der Waals surface area contributed by atoms with Gasteiger partial charge < -0.3 is 10.6 Å². The van der Waals surface area contributed by atoms with E-state index in [0.29, 0.717) is 11.9 Å². The highest BCUT2D eigenvalue weighted by Gasteiger charge is 1.99. The average Bonchev–Trinajstić information content (AvgIpc) is 2.59. The minimum Gasteiger partial charge on any atom is -0.353 e. The Bertz CT molecular complexity index is 329. The fourth-order valence-corrected chi connectivity index (χ4v) is 1.78. The van der Waals surface area contributed by atoms with Crippen LogP contribution >= 0.6 is 0 Å². The zero-order valence-corrected chi connectivity index (χ0v) is 16.3. The van der Waals surface area contributed by atoms with E-state index < -0.39 is 0 Å². The maximum absolute atomic E-state index is 4.51. The molecule has 2 N–H and O–H groups in total. The largest absolute Gasteiger partial charge is 0.353 e. The van der Waals surface area contributed by atoms with E-state index >= 15 is 0 Å². The minimum atomic E-state index is 0.623. The summed E-state index contributed by atoms with van der Waals surface area (Å²) in [6.45, 7) is 12.0. The molecule has 0 aliphatic carbocycles. The van der Waals surface area contributed by atoms with E-state index in [9.17, 15) is 0 Å². The average molecular weight is 339 g/mol. The van der Waals surface area contributed by atoms with Crippen LogP contribution in [0.5, 0.6) is 0 Å². The molecule has 0 unspecified atom stereocenters. The van der Waals surface area contributed by atoms with Crippen molar-refractivity contribution in [3.05, 3.63) is 0 Å². The molecule has 0 saturated carbocycles. The third-order valence-corrected chi connectivity index (χ3v) is 3.41. The Morgan fingerprint density at radius 1 is 0.583 bits per heavy atom. The van der Waals surface area contributed by atoms with Crippen LogP contribution in [-0.2, 0) is 0 Å². The molecule has 0 saturated heterocycles. The number of rotatable bonds is 12. The van der Waals surface area contributed by atoms with Gasteiger partial charge in [-0.15, -0.1) is 10.2 Å². The monoisotopic (exact) mass is 338 g/mol. The van der Waals surface area contributed by atoms with Crippen LogP contribution < -0.4 is 10.6 Å². The third-order valence-electron chi connectivity index (χ3n) is 3.41. The smallest absolute Gasteiger partial charge is 0.238 e. The zero-order valence-electron chi connectivity index (χ0n) is 16.3. The molecule has 0 atom stereocenters. The predicted octanol–water partition coefficient (Wildman–Crippen LogP) is 4.53. The molecule has 0 aliphatic heterocycles. The number of hydrogen-bond acceptors (Lipinski definition) is 2. The van der Waals surface area contributed by atoms with Crippen molar-refractivity contribution in [3.8, 4) is 0 Å². The van der Waals surface area contributed by atoms with Crippen LogP contribution in [0.15, 0.2) is 20.2 Å². The Hall–Kier alpha value is -1.46. The quantitative estimate of drug-likeness (QED) is 0.237. The van der Waals surface area contributed by atoms with Crippen LogP contribution in [0.3, 0.4) is 0 Å². The van der Waals surface area contributed by atoms with Gasteiger partial charge in [-0.2, -0.15) is 0 Å². The number of azo groups is 1. The Morgan fingerprint density at radius 3 is 1.29 bits per heavy atom. The molecule has 24 heavy (non-hydrogen) atoms. The van der Waals surface area contributed by atoms with Crippen molar-refractivity contribution in [2.45, 2.75) is 79.1 Å². The van der Waals surface area contributed by atoms with Crippen LogP contribution in [0, 0.1) is 0 Å². The summed E-state index contributed by atoms with van der Waals surface area (Å²) in [5.74, 6) is 1.25. The number of hydrogen-bond donors (Lipinski definition) is 2. The lowest BCUT2D eigenvalue weighted by Crippen LogP contribution is -2.26. The number of aliphatic imine (C=N–C) groups is 2. The van der Waals surface area contributed by atoms with Gasteiger partial charge in [0.25, 0.3) is 0 Å². The van der Waals surface area contributed by atoms with E-state index in [2.05, 4.69) is 58.5 Å². The molecule has 0 fully saturated rings. The SMILES string of the molecule is CCCCN=C(N=NC(=NCCCC)NCCCC)NCCCC. The number of nitrogens with zero attached hydrogens (tertiary/aromatic N) is 4. The van der Waals surface area contributed by atoms with E-state index in [0.717, 1.165) is 77.5 Å². The molecule has 140 valence electrons. The molecule has 0 aromatic carbocycles. The van der Waals surface area contributed by atoms with Crippen LogP contribution in [0.4, 0.5) is 0 Å². The van der Waals surface area contributed by atoms with Gasteiger partial charge in [-0.25, -0.2) is 0 Å². The lowest BCUT2D eigenvalue weighted by atomic mass is 10.3. The molecule has 0 rings (SSSR count). The number of guanidine groups is 2. The molecule has 0 radical (unpaired) electrons. The minimum absolute atomic E-state index is 0.623. The van der Waals surface area contributed by atoms with E-state index in [1.54, 1.807) is 0 Å². The highest BCUT2D eigenvalue weighted by molar-refractivity contribution is 5.85. The molecular formula is C18H38N6. The highest BCUT2D eigenvalue weighted by atomic mass is 15.3. The van der Waals surface area contributed by atoms with Gasteiger partial charge in [0.05, 0.1) is 0 Å². The first kappa shape index (κ1) is 22.5. The second kappa shape index (κ2) is 17.9. The normalized spacial score (nSPS) is 12.8. The van der Waals surface area contributed by atoms with Gasteiger partial charge in [-0.05, 0) is 25.7 Å². The summed E-state index contributed by atoms with van der Waals surface area (Å²) in [4.78, 5) is 9.02. The van der Waals surface area contributed by atoms with Crippen molar-refractivity contribution in [1.29, 1.82) is 0 Å². The predicted molar refractivity (Wildman–Crippen MR) is 105 cm³/mol. The molecule has 0 aromatic heterocycles. The van der Waals surface area contributed by atoms with Crippen molar-refractivity contribution >= 4 is 11.9 Å². The first-order chi connectivity index (χ1) is 11.8. The molecule has 6 nitrogen and oxygen atoms in total. The van der Waals surface area contributed by atoms with Crippen LogP contribution in [0.1, 0.15) is 79.1 Å². The van der Waals surface area contributed by atoms with Crippen molar-refractivity contribution in [2.75, 3.05) is 26.2 Å². The third kappa shape index (κ3) is 14.2. The molecule has 0 heterocycles. The van der Waals surface area contributed by atoms with Gasteiger partial charge >= 0.3 is 0 Å². The second-order valence-corrected chi connectivity index (χ2v) is 5.88. The summed E-state index contributed by atoms with van der Waals surface area (Å²) in [6.07, 6.45) is 8.91. The van der Waals surface area contributed by atoms with Crippen molar-refractivity contribution in [1.82, 2.24) is 10.6 Å².